The van der Waals surface area contributed by atoms with E-state index in [-0.39, 0.29) is 0 Å². The number of anilines is 3. The summed E-state index contributed by atoms with van der Waals surface area (Å²) in [6.07, 6.45) is 0.900. The minimum atomic E-state index is 0.519. The molecule has 0 saturated heterocycles. The van der Waals surface area contributed by atoms with Crippen molar-refractivity contribution in [3.8, 4) is 11.3 Å². The monoisotopic (exact) mass is 382 g/mol. The van der Waals surface area contributed by atoms with Crippen molar-refractivity contribution >= 4 is 29.1 Å². The molecule has 3 rings (SSSR count). The fraction of sp³-hybridized carbons (Fsp3) is 0.238. The predicted octanol–water partition coefficient (Wildman–Crippen LogP) is 5.30. The van der Waals surface area contributed by atoms with Gasteiger partial charge in [0.1, 0.15) is 5.82 Å². The molecule has 0 spiro atoms. The number of nitrogens with zero attached hydrogens (tertiary/aromatic N) is 2. The normalized spacial score (nSPS) is 10.6. The van der Waals surface area contributed by atoms with Crippen molar-refractivity contribution in [1.29, 1.82) is 0 Å². The molecule has 0 radical (unpaired) electrons. The molecule has 6 heteroatoms. The smallest absolute Gasteiger partial charge is 0.229 e. The molecule has 0 aliphatic rings. The molecule has 2 N–H and O–H groups in total. The highest BCUT2D eigenvalue weighted by Gasteiger charge is 2.08. The quantitative estimate of drug-likeness (QED) is 0.518. The number of hydrogen-bond acceptors (Lipinski definition) is 5. The van der Waals surface area contributed by atoms with Crippen LogP contribution in [-0.4, -0.2) is 30.2 Å². The molecule has 1 aromatic heterocycles. The van der Waals surface area contributed by atoms with Gasteiger partial charge in [-0.1, -0.05) is 48.0 Å². The van der Waals surface area contributed by atoms with Crippen molar-refractivity contribution in [2.75, 3.05) is 30.9 Å². The first-order valence-corrected chi connectivity index (χ1v) is 9.24. The van der Waals surface area contributed by atoms with Crippen molar-refractivity contribution in [2.45, 2.75) is 13.3 Å². The SMILES string of the molecule is COCCCNc1cc(-c2ccccc2)nc(Nc2ccc(C)c(Cl)c2)n1. The van der Waals surface area contributed by atoms with Crippen LogP contribution in [-0.2, 0) is 4.74 Å². The van der Waals surface area contributed by atoms with Crippen LogP contribution >= 0.6 is 11.6 Å². The molecule has 0 fully saturated rings. The van der Waals surface area contributed by atoms with Gasteiger partial charge in [-0.2, -0.15) is 4.98 Å². The van der Waals surface area contributed by atoms with E-state index >= 15 is 0 Å². The first kappa shape index (κ1) is 19.1. The van der Waals surface area contributed by atoms with Crippen LogP contribution in [0.2, 0.25) is 5.02 Å². The molecule has 1 heterocycles. The topological polar surface area (TPSA) is 59.1 Å². The highest BCUT2D eigenvalue weighted by Crippen LogP contribution is 2.25. The summed E-state index contributed by atoms with van der Waals surface area (Å²) in [5.41, 5.74) is 3.76. The zero-order valence-corrected chi connectivity index (χ0v) is 16.3. The second-order valence-electron chi connectivity index (χ2n) is 6.19. The number of hydrogen-bond donors (Lipinski definition) is 2. The van der Waals surface area contributed by atoms with Crippen LogP contribution in [0.4, 0.5) is 17.5 Å². The minimum absolute atomic E-state index is 0.519. The third-order valence-corrected chi connectivity index (χ3v) is 4.46. The Hall–Kier alpha value is -2.63. The summed E-state index contributed by atoms with van der Waals surface area (Å²) >= 11 is 6.23. The molecule has 0 saturated carbocycles. The lowest BCUT2D eigenvalue weighted by molar-refractivity contribution is 0.198. The Morgan fingerprint density at radius 1 is 1.04 bits per heavy atom. The number of aromatic nitrogens is 2. The van der Waals surface area contributed by atoms with Gasteiger partial charge < -0.3 is 15.4 Å². The van der Waals surface area contributed by atoms with E-state index in [0.29, 0.717) is 17.6 Å². The van der Waals surface area contributed by atoms with Gasteiger partial charge in [0, 0.05) is 42.6 Å². The average Bonchev–Trinajstić information content (AvgIpc) is 2.69. The Balaban J connectivity index is 1.87. The van der Waals surface area contributed by atoms with Crippen LogP contribution in [0, 0.1) is 6.92 Å². The van der Waals surface area contributed by atoms with E-state index in [9.17, 15) is 0 Å². The molecule has 0 atom stereocenters. The maximum atomic E-state index is 6.23. The predicted molar refractivity (Wildman–Crippen MR) is 112 cm³/mol. The summed E-state index contributed by atoms with van der Waals surface area (Å²) in [7, 11) is 1.70. The number of ether oxygens (including phenoxy) is 1. The zero-order valence-electron chi connectivity index (χ0n) is 15.5. The summed E-state index contributed by atoms with van der Waals surface area (Å²) in [6.45, 7) is 3.45. The van der Waals surface area contributed by atoms with Crippen LogP contribution in [0.3, 0.4) is 0 Å². The molecular formula is C21H23ClN4O. The fourth-order valence-electron chi connectivity index (χ4n) is 2.58. The number of halogens is 1. The minimum Gasteiger partial charge on any atom is -0.385 e. The lowest BCUT2D eigenvalue weighted by Crippen LogP contribution is -2.08. The van der Waals surface area contributed by atoms with Crippen LogP contribution in [0.15, 0.2) is 54.6 Å². The second kappa shape index (κ2) is 9.35. The lowest BCUT2D eigenvalue weighted by atomic mass is 10.1. The first-order chi connectivity index (χ1) is 13.2. The molecular weight excluding hydrogens is 360 g/mol. The highest BCUT2D eigenvalue weighted by molar-refractivity contribution is 6.31. The van der Waals surface area contributed by atoms with Gasteiger partial charge in [0.2, 0.25) is 5.95 Å². The van der Waals surface area contributed by atoms with Gasteiger partial charge in [0.05, 0.1) is 5.69 Å². The Kier molecular flexibility index (Phi) is 6.63. The summed E-state index contributed by atoms with van der Waals surface area (Å²) in [5.74, 6) is 1.28. The number of methoxy groups -OCH3 is 1. The molecule has 5 nitrogen and oxygen atoms in total. The van der Waals surface area contributed by atoms with Crippen molar-refractivity contribution in [1.82, 2.24) is 9.97 Å². The van der Waals surface area contributed by atoms with Crippen molar-refractivity contribution in [3.63, 3.8) is 0 Å². The fourth-order valence-corrected chi connectivity index (χ4v) is 2.76. The van der Waals surface area contributed by atoms with E-state index in [1.54, 1.807) is 7.11 Å². The molecule has 2 aromatic carbocycles. The van der Waals surface area contributed by atoms with E-state index in [2.05, 4.69) is 20.6 Å². The van der Waals surface area contributed by atoms with E-state index in [0.717, 1.165) is 41.3 Å². The first-order valence-electron chi connectivity index (χ1n) is 8.86. The average molecular weight is 383 g/mol. The van der Waals surface area contributed by atoms with Crippen LogP contribution in [0.1, 0.15) is 12.0 Å². The summed E-state index contributed by atoms with van der Waals surface area (Å²) in [6, 6.07) is 17.8. The number of benzene rings is 2. The number of nitrogens with one attached hydrogen (secondary N) is 2. The summed E-state index contributed by atoms with van der Waals surface area (Å²) in [4.78, 5) is 9.25. The maximum Gasteiger partial charge on any atom is 0.229 e. The lowest BCUT2D eigenvalue weighted by Gasteiger charge is -2.12. The molecule has 0 bridgehead atoms. The van der Waals surface area contributed by atoms with Crippen LogP contribution in [0.5, 0.6) is 0 Å². The Labute approximate surface area is 164 Å². The molecule has 0 amide bonds. The summed E-state index contributed by atoms with van der Waals surface area (Å²) < 4.78 is 5.10. The Bertz CT molecular complexity index is 887. The van der Waals surface area contributed by atoms with E-state index < -0.39 is 0 Å². The van der Waals surface area contributed by atoms with Gasteiger partial charge in [-0.15, -0.1) is 0 Å². The van der Waals surface area contributed by atoms with Gasteiger partial charge in [0.25, 0.3) is 0 Å². The number of rotatable bonds is 8. The van der Waals surface area contributed by atoms with E-state index in [4.69, 9.17) is 16.3 Å². The van der Waals surface area contributed by atoms with Gasteiger partial charge >= 0.3 is 0 Å². The molecule has 3 aromatic rings. The standard InChI is InChI=1S/C21H23ClN4O/c1-15-9-10-17(13-18(15)22)24-21-25-19(16-7-4-3-5-8-16)14-20(26-21)23-11-6-12-27-2/h3-5,7-10,13-14H,6,11-12H2,1-2H3,(H2,23,24,25,26). The van der Waals surface area contributed by atoms with Crippen LogP contribution < -0.4 is 10.6 Å². The van der Waals surface area contributed by atoms with E-state index in [1.165, 1.54) is 0 Å². The van der Waals surface area contributed by atoms with Gasteiger partial charge in [-0.3, -0.25) is 0 Å². The molecule has 0 aliphatic heterocycles. The third-order valence-electron chi connectivity index (χ3n) is 4.06. The maximum absolute atomic E-state index is 6.23. The summed E-state index contributed by atoms with van der Waals surface area (Å²) in [5, 5.41) is 7.30. The molecule has 140 valence electrons. The van der Waals surface area contributed by atoms with Crippen molar-refractivity contribution in [2.24, 2.45) is 0 Å². The van der Waals surface area contributed by atoms with Gasteiger partial charge in [-0.25, -0.2) is 4.98 Å². The highest BCUT2D eigenvalue weighted by atomic mass is 35.5. The molecule has 27 heavy (non-hydrogen) atoms. The third kappa shape index (κ3) is 5.42. The van der Waals surface area contributed by atoms with E-state index in [1.807, 2.05) is 61.5 Å². The van der Waals surface area contributed by atoms with Gasteiger partial charge in [0.15, 0.2) is 0 Å². The largest absolute Gasteiger partial charge is 0.385 e. The van der Waals surface area contributed by atoms with Crippen molar-refractivity contribution in [3.05, 3.63) is 65.2 Å². The second-order valence-corrected chi connectivity index (χ2v) is 6.60. The molecule has 0 aliphatic carbocycles. The zero-order chi connectivity index (χ0) is 19.1. The Morgan fingerprint density at radius 3 is 2.59 bits per heavy atom. The molecule has 0 unspecified atom stereocenters. The van der Waals surface area contributed by atoms with Crippen molar-refractivity contribution < 1.29 is 4.74 Å². The van der Waals surface area contributed by atoms with Crippen LogP contribution in [0.25, 0.3) is 11.3 Å². The number of aryl methyl sites for hydroxylation is 1. The van der Waals surface area contributed by atoms with Gasteiger partial charge in [-0.05, 0) is 31.0 Å². The Morgan fingerprint density at radius 2 is 1.85 bits per heavy atom.